The Hall–Kier alpha value is -2.03. The Balaban J connectivity index is 1.59. The molecule has 25 heavy (non-hydrogen) atoms. The van der Waals surface area contributed by atoms with E-state index >= 15 is 0 Å². The maximum atomic E-state index is 11.9. The minimum atomic E-state index is -0.511. The molecule has 3 amide bonds. The molecular weight excluding hydrogens is 340 g/mol. The van der Waals surface area contributed by atoms with Gasteiger partial charge in [-0.15, -0.1) is 16.8 Å². The van der Waals surface area contributed by atoms with E-state index in [0.717, 1.165) is 37.0 Å². The number of aromatic nitrogens is 3. The van der Waals surface area contributed by atoms with Crippen LogP contribution in [-0.4, -0.2) is 52.1 Å². The second kappa shape index (κ2) is 8.37. The summed E-state index contributed by atoms with van der Waals surface area (Å²) in [5, 5.41) is 14.2. The summed E-state index contributed by atoms with van der Waals surface area (Å²) in [6, 6.07) is -0.0726. The van der Waals surface area contributed by atoms with Crippen molar-refractivity contribution in [2.24, 2.45) is 0 Å². The Morgan fingerprint density at radius 3 is 2.68 bits per heavy atom. The molecule has 2 N–H and O–H groups in total. The lowest BCUT2D eigenvalue weighted by atomic mass is 10.1. The summed E-state index contributed by atoms with van der Waals surface area (Å²) in [6.45, 7) is 5.85. The van der Waals surface area contributed by atoms with Crippen LogP contribution in [0, 0.1) is 0 Å². The maximum absolute atomic E-state index is 11.9. The van der Waals surface area contributed by atoms with E-state index < -0.39 is 6.03 Å². The van der Waals surface area contributed by atoms with Gasteiger partial charge in [-0.2, -0.15) is 0 Å². The summed E-state index contributed by atoms with van der Waals surface area (Å²) in [5.41, 5.74) is 0. The maximum Gasteiger partial charge on any atom is 0.321 e. The molecule has 0 radical (unpaired) electrons. The van der Waals surface area contributed by atoms with E-state index in [1.807, 2.05) is 0 Å². The Morgan fingerprint density at radius 2 is 2.00 bits per heavy atom. The molecule has 1 saturated carbocycles. The van der Waals surface area contributed by atoms with Gasteiger partial charge in [0, 0.05) is 25.7 Å². The quantitative estimate of drug-likeness (QED) is 0.565. The summed E-state index contributed by atoms with van der Waals surface area (Å²) < 4.78 is 2.17. The number of hydrogen-bond acceptors (Lipinski definition) is 6. The number of carbonyl (C=O) groups excluding carboxylic acids is 2. The standard InChI is InChI=1S/C16H24N6O2S/c1-2-8-17-14(24)18-13(23)11-25-16-20-19-15(22(16)12-6-7-12)21-9-4-3-5-10-21/h2,12H,1,3-11H2,(H2,17,18,23,24). The second-order valence-corrected chi connectivity index (χ2v) is 7.21. The van der Waals surface area contributed by atoms with Gasteiger partial charge in [-0.05, 0) is 32.1 Å². The van der Waals surface area contributed by atoms with Crippen LogP contribution < -0.4 is 15.5 Å². The summed E-state index contributed by atoms with van der Waals surface area (Å²) in [4.78, 5) is 25.7. The van der Waals surface area contributed by atoms with Crippen LogP contribution in [0.2, 0.25) is 0 Å². The van der Waals surface area contributed by atoms with Gasteiger partial charge in [-0.1, -0.05) is 17.8 Å². The summed E-state index contributed by atoms with van der Waals surface area (Å²) in [5.74, 6) is 0.706. The Kier molecular flexibility index (Phi) is 5.95. The van der Waals surface area contributed by atoms with Crippen LogP contribution in [0.4, 0.5) is 10.7 Å². The Bertz CT molecular complexity index is 637. The van der Waals surface area contributed by atoms with Gasteiger partial charge in [0.1, 0.15) is 0 Å². The van der Waals surface area contributed by atoms with Crippen molar-refractivity contribution >= 4 is 29.6 Å². The van der Waals surface area contributed by atoms with Gasteiger partial charge in [0.15, 0.2) is 5.16 Å². The number of nitrogens with one attached hydrogen (secondary N) is 2. The van der Waals surface area contributed by atoms with Gasteiger partial charge in [0.25, 0.3) is 0 Å². The van der Waals surface area contributed by atoms with E-state index in [4.69, 9.17) is 0 Å². The number of thioether (sulfide) groups is 1. The third kappa shape index (κ3) is 4.75. The molecule has 1 saturated heterocycles. The average Bonchev–Trinajstić information content (AvgIpc) is 3.38. The molecule has 0 bridgehead atoms. The van der Waals surface area contributed by atoms with Crippen molar-refractivity contribution in [1.82, 2.24) is 25.4 Å². The number of piperidine rings is 1. The molecule has 9 heteroatoms. The van der Waals surface area contributed by atoms with Crippen LogP contribution in [0.1, 0.15) is 38.1 Å². The van der Waals surface area contributed by atoms with Crippen molar-refractivity contribution < 1.29 is 9.59 Å². The number of urea groups is 1. The van der Waals surface area contributed by atoms with E-state index in [-0.39, 0.29) is 11.7 Å². The van der Waals surface area contributed by atoms with Crippen LogP contribution >= 0.6 is 11.8 Å². The molecule has 1 aliphatic heterocycles. The zero-order valence-electron chi connectivity index (χ0n) is 14.2. The van der Waals surface area contributed by atoms with E-state index in [0.29, 0.717) is 12.6 Å². The summed E-state index contributed by atoms with van der Waals surface area (Å²) >= 11 is 1.32. The van der Waals surface area contributed by atoms with Gasteiger partial charge >= 0.3 is 6.03 Å². The highest BCUT2D eigenvalue weighted by Gasteiger charge is 2.32. The van der Waals surface area contributed by atoms with Crippen molar-refractivity contribution in [2.45, 2.75) is 43.3 Å². The highest BCUT2D eigenvalue weighted by atomic mass is 32.2. The molecule has 0 atom stereocenters. The molecule has 1 aromatic heterocycles. The predicted molar refractivity (Wildman–Crippen MR) is 96.8 cm³/mol. The molecule has 2 fully saturated rings. The number of nitrogens with zero attached hydrogens (tertiary/aromatic N) is 4. The Morgan fingerprint density at radius 1 is 1.24 bits per heavy atom. The number of anilines is 1. The second-order valence-electron chi connectivity index (χ2n) is 6.27. The summed E-state index contributed by atoms with van der Waals surface area (Å²) in [7, 11) is 0. The smallest absolute Gasteiger partial charge is 0.321 e. The monoisotopic (exact) mass is 364 g/mol. The van der Waals surface area contributed by atoms with Gasteiger partial charge in [0.2, 0.25) is 11.9 Å². The van der Waals surface area contributed by atoms with Crippen LogP contribution in [0.25, 0.3) is 0 Å². The SMILES string of the molecule is C=CCNC(=O)NC(=O)CSc1nnc(N2CCCCC2)n1C1CC1. The molecule has 0 aromatic carbocycles. The molecule has 0 unspecified atom stereocenters. The first-order valence-electron chi connectivity index (χ1n) is 8.70. The van der Waals surface area contributed by atoms with Crippen molar-refractivity contribution in [2.75, 3.05) is 30.3 Å². The molecule has 3 rings (SSSR count). The van der Waals surface area contributed by atoms with Crippen molar-refractivity contribution in [3.05, 3.63) is 12.7 Å². The van der Waals surface area contributed by atoms with E-state index in [2.05, 4.69) is 36.9 Å². The fourth-order valence-electron chi connectivity index (χ4n) is 2.83. The fraction of sp³-hybridized carbons (Fsp3) is 0.625. The summed E-state index contributed by atoms with van der Waals surface area (Å²) in [6.07, 6.45) is 7.44. The van der Waals surface area contributed by atoms with E-state index in [1.165, 1.54) is 31.0 Å². The third-order valence-electron chi connectivity index (χ3n) is 4.19. The predicted octanol–water partition coefficient (Wildman–Crippen LogP) is 1.71. The van der Waals surface area contributed by atoms with E-state index in [9.17, 15) is 9.59 Å². The molecule has 1 aromatic rings. The molecule has 2 heterocycles. The lowest BCUT2D eigenvalue weighted by Gasteiger charge is -2.27. The van der Waals surface area contributed by atoms with Crippen LogP contribution in [0.5, 0.6) is 0 Å². The minimum Gasteiger partial charge on any atom is -0.341 e. The number of amides is 3. The number of carbonyl (C=O) groups is 2. The number of rotatable bonds is 7. The normalized spacial score (nSPS) is 17.2. The number of hydrogen-bond donors (Lipinski definition) is 2. The van der Waals surface area contributed by atoms with Gasteiger partial charge in [-0.25, -0.2) is 4.79 Å². The Labute approximate surface area is 151 Å². The van der Waals surface area contributed by atoms with Crippen LogP contribution in [0.3, 0.4) is 0 Å². The first-order valence-corrected chi connectivity index (χ1v) is 9.69. The van der Waals surface area contributed by atoms with Crippen molar-refractivity contribution in [3.8, 4) is 0 Å². The zero-order valence-corrected chi connectivity index (χ0v) is 15.1. The first kappa shape index (κ1) is 17.8. The zero-order chi connectivity index (χ0) is 17.6. The molecule has 136 valence electrons. The highest BCUT2D eigenvalue weighted by Crippen LogP contribution is 2.41. The molecule has 1 aliphatic carbocycles. The largest absolute Gasteiger partial charge is 0.341 e. The van der Waals surface area contributed by atoms with Gasteiger partial charge < -0.3 is 10.2 Å². The van der Waals surface area contributed by atoms with Gasteiger partial charge in [0.05, 0.1) is 5.75 Å². The average molecular weight is 364 g/mol. The topological polar surface area (TPSA) is 92.2 Å². The van der Waals surface area contributed by atoms with Crippen molar-refractivity contribution in [1.29, 1.82) is 0 Å². The highest BCUT2D eigenvalue weighted by molar-refractivity contribution is 7.99. The fourth-order valence-corrected chi connectivity index (χ4v) is 3.63. The van der Waals surface area contributed by atoms with Gasteiger partial charge in [-0.3, -0.25) is 14.7 Å². The number of imide groups is 1. The molecular formula is C16H24N6O2S. The molecule has 2 aliphatic rings. The van der Waals surface area contributed by atoms with E-state index in [1.54, 1.807) is 6.08 Å². The van der Waals surface area contributed by atoms with Crippen LogP contribution in [-0.2, 0) is 4.79 Å². The lowest BCUT2D eigenvalue weighted by molar-refractivity contribution is -0.117. The first-order chi connectivity index (χ1) is 12.2. The minimum absolute atomic E-state index is 0.131. The third-order valence-corrected chi connectivity index (χ3v) is 5.13. The van der Waals surface area contributed by atoms with Crippen molar-refractivity contribution in [3.63, 3.8) is 0 Å². The molecule has 0 spiro atoms. The molecule has 8 nitrogen and oxygen atoms in total. The van der Waals surface area contributed by atoms with Crippen LogP contribution in [0.15, 0.2) is 17.8 Å². The lowest BCUT2D eigenvalue weighted by Crippen LogP contribution is -2.40.